The molecule has 1 aromatic carbocycles. The molecule has 0 aliphatic carbocycles. The number of alkyl halides is 2. The molecule has 2 unspecified atom stereocenters. The highest BCUT2D eigenvalue weighted by Crippen LogP contribution is 2.31. The summed E-state index contributed by atoms with van der Waals surface area (Å²) >= 11 is 0. The van der Waals surface area contributed by atoms with Crippen LogP contribution in [0.2, 0.25) is 0 Å². The van der Waals surface area contributed by atoms with Gasteiger partial charge in [-0.1, -0.05) is 12.1 Å². The molecule has 0 saturated carbocycles. The second-order valence-electron chi connectivity index (χ2n) is 7.84. The van der Waals surface area contributed by atoms with E-state index in [1.54, 1.807) is 12.1 Å². The van der Waals surface area contributed by atoms with Crippen molar-refractivity contribution in [3.63, 3.8) is 0 Å². The second-order valence-corrected chi connectivity index (χ2v) is 7.84. The van der Waals surface area contributed by atoms with E-state index in [-0.39, 0.29) is 11.8 Å². The van der Waals surface area contributed by atoms with E-state index in [0.717, 1.165) is 58.1 Å². The summed E-state index contributed by atoms with van der Waals surface area (Å²) in [5, 5.41) is 6.74. The molecule has 0 radical (unpaired) electrons. The van der Waals surface area contributed by atoms with E-state index < -0.39 is 6.61 Å². The van der Waals surface area contributed by atoms with Gasteiger partial charge >= 0.3 is 6.61 Å². The predicted molar refractivity (Wildman–Crippen MR) is 117 cm³/mol. The number of rotatable bonds is 11. The van der Waals surface area contributed by atoms with Gasteiger partial charge in [0.05, 0.1) is 18.9 Å². The van der Waals surface area contributed by atoms with E-state index in [9.17, 15) is 8.78 Å². The van der Waals surface area contributed by atoms with E-state index in [2.05, 4.69) is 25.3 Å². The Kier molecular flexibility index (Phi) is 9.61. The Labute approximate surface area is 183 Å². The zero-order valence-corrected chi connectivity index (χ0v) is 18.2. The molecular weight excluding hydrogens is 406 g/mol. The molecule has 0 aromatic heterocycles. The Hall–Kier alpha value is -2.13. The van der Waals surface area contributed by atoms with Crippen LogP contribution in [0.5, 0.6) is 5.75 Å². The first-order chi connectivity index (χ1) is 15.2. The summed E-state index contributed by atoms with van der Waals surface area (Å²) in [6, 6.07) is 7.11. The fraction of sp³-hybridized carbons (Fsp3) is 0.682. The number of hydrogen-bond donors (Lipinski definition) is 2. The smallest absolute Gasteiger partial charge is 0.387 e. The van der Waals surface area contributed by atoms with Crippen LogP contribution in [-0.2, 0) is 9.47 Å². The molecule has 0 amide bonds. The maximum atomic E-state index is 12.7. The maximum Gasteiger partial charge on any atom is 0.387 e. The number of halogens is 2. The standard InChI is InChI=1S/C22H34F2N4O3/c1-2-25-22(26-10-5-12-29-15-17-9-13-30-16-17)27-18-8-11-28(14-18)19-6-3-4-7-20(19)31-21(23)24/h3-4,6-7,17-18,21H,2,5,8-16H2,1H3,(H2,25,26,27). The summed E-state index contributed by atoms with van der Waals surface area (Å²) in [4.78, 5) is 6.72. The average molecular weight is 441 g/mol. The topological polar surface area (TPSA) is 67.4 Å². The summed E-state index contributed by atoms with van der Waals surface area (Å²) in [6.45, 7) is 5.21. The summed E-state index contributed by atoms with van der Waals surface area (Å²) in [7, 11) is 0. The highest BCUT2D eigenvalue weighted by molar-refractivity contribution is 5.80. The lowest BCUT2D eigenvalue weighted by Crippen LogP contribution is -2.44. The lowest BCUT2D eigenvalue weighted by atomic mass is 10.1. The number of nitrogens with one attached hydrogen (secondary N) is 2. The van der Waals surface area contributed by atoms with Gasteiger partial charge in [-0.3, -0.25) is 4.99 Å². The molecular formula is C22H34F2N4O3. The highest BCUT2D eigenvalue weighted by Gasteiger charge is 2.26. The highest BCUT2D eigenvalue weighted by atomic mass is 19.3. The van der Waals surface area contributed by atoms with Crippen molar-refractivity contribution in [3.8, 4) is 5.75 Å². The van der Waals surface area contributed by atoms with Crippen molar-refractivity contribution in [2.24, 2.45) is 10.9 Å². The first-order valence-electron chi connectivity index (χ1n) is 11.1. The van der Waals surface area contributed by atoms with Gasteiger partial charge in [0.25, 0.3) is 0 Å². The van der Waals surface area contributed by atoms with E-state index in [4.69, 9.17) is 9.47 Å². The summed E-state index contributed by atoms with van der Waals surface area (Å²) in [5.74, 6) is 1.52. The van der Waals surface area contributed by atoms with Crippen molar-refractivity contribution in [3.05, 3.63) is 24.3 Å². The van der Waals surface area contributed by atoms with Gasteiger partial charge in [-0.15, -0.1) is 0 Å². The zero-order chi connectivity index (χ0) is 21.9. The molecule has 3 rings (SSSR count). The molecule has 174 valence electrons. The molecule has 2 atom stereocenters. The fourth-order valence-electron chi connectivity index (χ4n) is 3.85. The Balaban J connectivity index is 1.43. The van der Waals surface area contributed by atoms with Crippen molar-refractivity contribution >= 4 is 11.6 Å². The van der Waals surface area contributed by atoms with Crippen molar-refractivity contribution in [1.29, 1.82) is 0 Å². The molecule has 1 aromatic rings. The fourth-order valence-corrected chi connectivity index (χ4v) is 3.85. The van der Waals surface area contributed by atoms with Crippen molar-refractivity contribution < 1.29 is 23.0 Å². The SMILES string of the molecule is CCNC(=NCCCOCC1CCOC1)NC1CCN(c2ccccc2OC(F)F)C1. The number of hydrogen-bond acceptors (Lipinski definition) is 5. The van der Waals surface area contributed by atoms with Gasteiger partial charge in [-0.25, -0.2) is 0 Å². The number of ether oxygens (including phenoxy) is 3. The second kappa shape index (κ2) is 12.7. The summed E-state index contributed by atoms with van der Waals surface area (Å²) < 4.78 is 41.2. The van der Waals surface area contributed by atoms with Gasteiger partial charge in [-0.05, 0) is 38.3 Å². The number of para-hydroxylation sites is 2. The molecule has 2 heterocycles. The zero-order valence-electron chi connectivity index (χ0n) is 18.2. The van der Waals surface area contributed by atoms with Crippen LogP contribution in [-0.4, -0.2) is 71.2 Å². The van der Waals surface area contributed by atoms with Crippen LogP contribution in [0, 0.1) is 5.92 Å². The minimum absolute atomic E-state index is 0.177. The maximum absolute atomic E-state index is 12.7. The van der Waals surface area contributed by atoms with Gasteiger partial charge in [0.15, 0.2) is 5.96 Å². The molecule has 31 heavy (non-hydrogen) atoms. The minimum atomic E-state index is -2.83. The molecule has 0 bridgehead atoms. The first kappa shape index (κ1) is 23.5. The third-order valence-corrected chi connectivity index (χ3v) is 5.39. The molecule has 2 saturated heterocycles. The van der Waals surface area contributed by atoms with Crippen LogP contribution in [0.3, 0.4) is 0 Å². The molecule has 9 heteroatoms. The summed E-state index contributed by atoms with van der Waals surface area (Å²) in [6.07, 6.45) is 2.84. The van der Waals surface area contributed by atoms with E-state index in [1.165, 1.54) is 0 Å². The number of guanidine groups is 1. The van der Waals surface area contributed by atoms with E-state index >= 15 is 0 Å². The van der Waals surface area contributed by atoms with Gasteiger partial charge < -0.3 is 29.7 Å². The van der Waals surface area contributed by atoms with Crippen molar-refractivity contribution in [2.75, 3.05) is 57.5 Å². The quantitative estimate of drug-likeness (QED) is 0.313. The molecule has 7 nitrogen and oxygen atoms in total. The summed E-state index contributed by atoms with van der Waals surface area (Å²) in [5.41, 5.74) is 0.693. The number of nitrogens with zero attached hydrogens (tertiary/aromatic N) is 2. The van der Waals surface area contributed by atoms with Crippen LogP contribution in [0.1, 0.15) is 26.2 Å². The van der Waals surface area contributed by atoms with Crippen LogP contribution < -0.4 is 20.3 Å². The number of anilines is 1. The molecule has 2 aliphatic rings. The number of benzene rings is 1. The van der Waals surface area contributed by atoms with Crippen molar-refractivity contribution in [2.45, 2.75) is 38.8 Å². The Morgan fingerprint density at radius 1 is 1.32 bits per heavy atom. The number of aliphatic imine (C=N–C) groups is 1. The minimum Gasteiger partial charge on any atom is -0.433 e. The van der Waals surface area contributed by atoms with Crippen LogP contribution in [0.4, 0.5) is 14.5 Å². The Morgan fingerprint density at radius 3 is 2.97 bits per heavy atom. The molecule has 2 aliphatic heterocycles. The third kappa shape index (κ3) is 7.81. The van der Waals surface area contributed by atoms with Gasteiger partial charge in [0.2, 0.25) is 0 Å². The molecule has 2 fully saturated rings. The van der Waals surface area contributed by atoms with Crippen molar-refractivity contribution in [1.82, 2.24) is 10.6 Å². The van der Waals surface area contributed by atoms with Gasteiger partial charge in [0, 0.05) is 51.4 Å². The van der Waals surface area contributed by atoms with Crippen LogP contribution >= 0.6 is 0 Å². The van der Waals surface area contributed by atoms with E-state index in [1.807, 2.05) is 19.1 Å². The first-order valence-corrected chi connectivity index (χ1v) is 11.1. The average Bonchev–Trinajstić information content (AvgIpc) is 3.43. The third-order valence-electron chi connectivity index (χ3n) is 5.39. The molecule has 0 spiro atoms. The predicted octanol–water partition coefficient (Wildman–Crippen LogP) is 2.87. The lowest BCUT2D eigenvalue weighted by molar-refractivity contribution is -0.0495. The Bertz CT molecular complexity index is 686. The monoisotopic (exact) mass is 440 g/mol. The molecule has 2 N–H and O–H groups in total. The lowest BCUT2D eigenvalue weighted by Gasteiger charge is -2.22. The Morgan fingerprint density at radius 2 is 2.19 bits per heavy atom. The van der Waals surface area contributed by atoms with Gasteiger partial charge in [0.1, 0.15) is 5.75 Å². The van der Waals surface area contributed by atoms with Gasteiger partial charge in [-0.2, -0.15) is 8.78 Å². The normalized spacial score (nSPS) is 21.7. The van der Waals surface area contributed by atoms with Crippen LogP contribution in [0.25, 0.3) is 0 Å². The largest absolute Gasteiger partial charge is 0.433 e. The van der Waals surface area contributed by atoms with E-state index in [0.29, 0.717) is 31.3 Å². The van der Waals surface area contributed by atoms with Crippen LogP contribution in [0.15, 0.2) is 29.3 Å².